The van der Waals surface area contributed by atoms with Crippen LogP contribution in [0.15, 0.2) is 77.3 Å². The van der Waals surface area contributed by atoms with Gasteiger partial charge < -0.3 is 10.1 Å². The van der Waals surface area contributed by atoms with Gasteiger partial charge in [0.05, 0.1) is 18.7 Å². The van der Waals surface area contributed by atoms with Crippen LogP contribution in [0.25, 0.3) is 0 Å². The lowest BCUT2D eigenvalue weighted by molar-refractivity contribution is -0.124. The topological polar surface area (TPSA) is 91.0 Å². The van der Waals surface area contributed by atoms with E-state index in [1.54, 1.807) is 48.5 Å². The maximum absolute atomic E-state index is 13.5. The highest BCUT2D eigenvalue weighted by Crippen LogP contribution is 2.27. The van der Waals surface area contributed by atoms with E-state index in [9.17, 15) is 18.8 Å². The zero-order valence-electron chi connectivity index (χ0n) is 19.6. The Morgan fingerprint density at radius 2 is 1.68 bits per heavy atom. The van der Waals surface area contributed by atoms with E-state index in [0.717, 1.165) is 4.47 Å². The summed E-state index contributed by atoms with van der Waals surface area (Å²) in [5, 5.41) is 3.90. The second kappa shape index (κ2) is 11.5. The maximum Gasteiger partial charge on any atom is 0.269 e. The van der Waals surface area contributed by atoms with Crippen molar-refractivity contribution in [2.45, 2.75) is 19.4 Å². The smallest absolute Gasteiger partial charge is 0.269 e. The summed E-state index contributed by atoms with van der Waals surface area (Å²) >= 11 is 8.83. The third kappa shape index (κ3) is 6.12. The molecular weight excluding hydrogens is 563 g/mol. The molecule has 3 amide bonds. The van der Waals surface area contributed by atoms with Gasteiger partial charge in [0.2, 0.25) is 11.0 Å². The van der Waals surface area contributed by atoms with Crippen molar-refractivity contribution in [2.75, 3.05) is 16.8 Å². The molecule has 3 aromatic rings. The van der Waals surface area contributed by atoms with Gasteiger partial charge in [0.15, 0.2) is 0 Å². The number of halogens is 2. The van der Waals surface area contributed by atoms with E-state index in [-0.39, 0.29) is 11.5 Å². The molecule has 3 aromatic carbocycles. The number of benzene rings is 3. The number of anilines is 2. The maximum atomic E-state index is 13.5. The van der Waals surface area contributed by atoms with Crippen LogP contribution in [0.5, 0.6) is 5.75 Å². The van der Waals surface area contributed by atoms with Crippen molar-refractivity contribution in [1.29, 1.82) is 0 Å². The van der Waals surface area contributed by atoms with Crippen molar-refractivity contribution in [1.82, 2.24) is 10.4 Å². The monoisotopic (exact) mass is 584 g/mol. The number of carbonyl (C=O) groups is 3. The summed E-state index contributed by atoms with van der Waals surface area (Å²) in [7, 11) is 0. The molecule has 1 atom stereocenters. The van der Waals surface area contributed by atoms with Gasteiger partial charge in [-0.2, -0.15) is 0 Å². The first-order valence-electron chi connectivity index (χ1n) is 11.3. The van der Waals surface area contributed by atoms with Crippen LogP contribution in [-0.4, -0.2) is 40.5 Å². The lowest BCUT2D eigenvalue weighted by Crippen LogP contribution is -2.49. The molecule has 1 saturated heterocycles. The molecule has 0 bridgehead atoms. The van der Waals surface area contributed by atoms with Gasteiger partial charge in [-0.3, -0.25) is 24.7 Å². The van der Waals surface area contributed by atoms with Crippen LogP contribution in [-0.2, 0) is 9.59 Å². The number of amides is 3. The van der Waals surface area contributed by atoms with Crippen LogP contribution < -0.4 is 20.4 Å². The second-order valence-electron chi connectivity index (χ2n) is 7.98. The third-order valence-electron chi connectivity index (χ3n) is 5.46. The third-order valence-corrected chi connectivity index (χ3v) is 6.36. The van der Waals surface area contributed by atoms with Crippen LogP contribution in [0.2, 0.25) is 0 Å². The molecule has 2 N–H and O–H groups in total. The summed E-state index contributed by atoms with van der Waals surface area (Å²) in [5.41, 5.74) is 3.81. The molecule has 1 fully saturated rings. The van der Waals surface area contributed by atoms with Crippen molar-refractivity contribution in [2.24, 2.45) is 0 Å². The minimum atomic E-state index is -1.13. The molecule has 1 heterocycles. The van der Waals surface area contributed by atoms with Gasteiger partial charge in [-0.05, 0) is 91.9 Å². The Labute approximate surface area is 226 Å². The molecule has 8 nitrogen and oxygen atoms in total. The van der Waals surface area contributed by atoms with Gasteiger partial charge in [-0.25, -0.2) is 9.40 Å². The Bertz CT molecular complexity index is 1320. The first-order valence-corrected chi connectivity index (χ1v) is 12.5. The van der Waals surface area contributed by atoms with Gasteiger partial charge in [0.1, 0.15) is 17.6 Å². The van der Waals surface area contributed by atoms with E-state index in [0.29, 0.717) is 29.3 Å². The molecule has 0 aliphatic carbocycles. The molecular formula is C26H22BrFN4O4S. The average Bonchev–Trinajstić information content (AvgIpc) is 3.10. The Balaban J connectivity index is 1.56. The van der Waals surface area contributed by atoms with Gasteiger partial charge in [-0.15, -0.1) is 0 Å². The van der Waals surface area contributed by atoms with Crippen molar-refractivity contribution in [3.05, 3.63) is 88.6 Å². The van der Waals surface area contributed by atoms with Gasteiger partial charge in [-0.1, -0.05) is 15.9 Å². The number of hydrazine groups is 1. The SMILES string of the molecule is CCOc1ccc(NC(=O)CC2C(=O)N(c3ccc(F)cc3)C(=S)N2NC(=O)c2ccc(Br)cc2)cc1. The molecule has 0 aromatic heterocycles. The molecule has 37 heavy (non-hydrogen) atoms. The number of thiocarbonyl (C=S) groups is 1. The Morgan fingerprint density at radius 3 is 2.30 bits per heavy atom. The number of carbonyl (C=O) groups excluding carboxylic acids is 3. The van der Waals surface area contributed by atoms with Crippen molar-refractivity contribution in [3.8, 4) is 5.75 Å². The quantitative estimate of drug-likeness (QED) is 0.374. The van der Waals surface area contributed by atoms with Crippen LogP contribution in [0.4, 0.5) is 15.8 Å². The van der Waals surface area contributed by atoms with E-state index in [1.165, 1.54) is 34.2 Å². The standard InChI is InChI=1S/C26H22BrFN4O4S/c1-2-36-21-13-9-19(10-14-21)29-23(33)15-22-25(35)31(20-11-7-18(28)8-12-20)26(37)32(22)30-24(34)16-3-5-17(27)6-4-16/h3-14,22H,2,15H2,1H3,(H,29,33)(H,30,34). The Morgan fingerprint density at radius 1 is 1.03 bits per heavy atom. The van der Waals surface area contributed by atoms with Crippen LogP contribution in [0.3, 0.4) is 0 Å². The number of rotatable bonds is 8. The molecule has 4 rings (SSSR count). The highest BCUT2D eigenvalue weighted by molar-refractivity contribution is 9.10. The number of hydrogen-bond donors (Lipinski definition) is 2. The zero-order valence-corrected chi connectivity index (χ0v) is 22.0. The number of hydrogen-bond acceptors (Lipinski definition) is 5. The fourth-order valence-electron chi connectivity index (χ4n) is 3.69. The summed E-state index contributed by atoms with van der Waals surface area (Å²) in [5.74, 6) is -1.33. The fraction of sp³-hybridized carbons (Fsp3) is 0.154. The van der Waals surface area contributed by atoms with Gasteiger partial charge >= 0.3 is 0 Å². The number of nitrogens with zero attached hydrogens (tertiary/aromatic N) is 2. The minimum Gasteiger partial charge on any atom is -0.494 e. The molecule has 190 valence electrons. The molecule has 0 radical (unpaired) electrons. The van der Waals surface area contributed by atoms with E-state index >= 15 is 0 Å². The van der Waals surface area contributed by atoms with Gasteiger partial charge in [0, 0.05) is 15.7 Å². The van der Waals surface area contributed by atoms with Crippen molar-refractivity contribution in [3.63, 3.8) is 0 Å². The van der Waals surface area contributed by atoms with Crippen LogP contribution >= 0.6 is 28.1 Å². The molecule has 0 spiro atoms. The highest BCUT2D eigenvalue weighted by atomic mass is 79.9. The zero-order chi connectivity index (χ0) is 26.5. The van der Waals surface area contributed by atoms with Crippen molar-refractivity contribution < 1.29 is 23.5 Å². The van der Waals surface area contributed by atoms with Crippen LogP contribution in [0.1, 0.15) is 23.7 Å². The lowest BCUT2D eigenvalue weighted by Gasteiger charge is -2.24. The summed E-state index contributed by atoms with van der Waals surface area (Å²) in [6, 6.07) is 17.5. The Kier molecular flexibility index (Phi) is 8.14. The van der Waals surface area contributed by atoms with Gasteiger partial charge in [0.25, 0.3) is 11.8 Å². The fourth-order valence-corrected chi connectivity index (χ4v) is 4.32. The summed E-state index contributed by atoms with van der Waals surface area (Å²) in [4.78, 5) is 40.4. The highest BCUT2D eigenvalue weighted by Gasteiger charge is 2.45. The first-order chi connectivity index (χ1) is 17.8. The number of ether oxygens (including phenoxy) is 1. The normalized spacial score (nSPS) is 15.1. The lowest BCUT2D eigenvalue weighted by atomic mass is 10.1. The summed E-state index contributed by atoms with van der Waals surface area (Å²) in [6.45, 7) is 2.39. The van der Waals surface area contributed by atoms with E-state index < -0.39 is 29.6 Å². The van der Waals surface area contributed by atoms with E-state index in [1.807, 2.05) is 6.92 Å². The average molecular weight is 585 g/mol. The number of nitrogens with one attached hydrogen (secondary N) is 2. The van der Waals surface area contributed by atoms with E-state index in [4.69, 9.17) is 17.0 Å². The predicted molar refractivity (Wildman–Crippen MR) is 145 cm³/mol. The molecule has 11 heteroatoms. The first kappa shape index (κ1) is 26.2. The minimum absolute atomic E-state index is 0.0408. The predicted octanol–water partition coefficient (Wildman–Crippen LogP) is 4.66. The second-order valence-corrected chi connectivity index (χ2v) is 9.26. The largest absolute Gasteiger partial charge is 0.494 e. The summed E-state index contributed by atoms with van der Waals surface area (Å²) in [6.07, 6.45) is -0.301. The molecule has 1 unspecified atom stereocenters. The Hall–Kier alpha value is -3.83. The van der Waals surface area contributed by atoms with Crippen LogP contribution in [0, 0.1) is 5.82 Å². The summed E-state index contributed by atoms with van der Waals surface area (Å²) < 4.78 is 19.7. The van der Waals surface area contributed by atoms with Crippen molar-refractivity contribution >= 4 is 62.4 Å². The molecule has 0 saturated carbocycles. The van der Waals surface area contributed by atoms with E-state index in [2.05, 4.69) is 26.7 Å². The molecule has 1 aliphatic rings. The molecule has 1 aliphatic heterocycles.